The van der Waals surface area contributed by atoms with E-state index in [1.165, 1.54) is 12.1 Å². The Kier molecular flexibility index (Phi) is 4.95. The Morgan fingerprint density at radius 2 is 1.85 bits per heavy atom. The molecule has 0 radical (unpaired) electrons. The zero-order valence-electron chi connectivity index (χ0n) is 14.6. The Labute approximate surface area is 161 Å². The van der Waals surface area contributed by atoms with Crippen LogP contribution in [-0.2, 0) is 0 Å². The topological polar surface area (TPSA) is 77.0 Å². The van der Waals surface area contributed by atoms with Crippen LogP contribution in [-0.4, -0.2) is 32.0 Å². The average molecular weight is 387 g/mol. The second-order valence-electron chi connectivity index (χ2n) is 6.90. The summed E-state index contributed by atoms with van der Waals surface area (Å²) in [5.41, 5.74) is 7.39. The lowest BCUT2D eigenvalue weighted by Gasteiger charge is -2.30. The molecule has 5 nitrogen and oxygen atoms in total. The van der Waals surface area contributed by atoms with Gasteiger partial charge in [-0.25, -0.2) is 14.1 Å². The third-order valence-corrected chi connectivity index (χ3v) is 5.37. The van der Waals surface area contributed by atoms with Crippen molar-refractivity contribution in [3.63, 3.8) is 0 Å². The third kappa shape index (κ3) is 3.60. The van der Waals surface area contributed by atoms with E-state index in [-0.39, 0.29) is 17.8 Å². The van der Waals surface area contributed by atoms with Crippen molar-refractivity contribution in [2.45, 2.75) is 37.3 Å². The van der Waals surface area contributed by atoms with Crippen LogP contribution in [0.3, 0.4) is 0 Å². The van der Waals surface area contributed by atoms with Gasteiger partial charge in [-0.1, -0.05) is 23.7 Å². The van der Waals surface area contributed by atoms with Crippen molar-refractivity contribution in [2.24, 2.45) is 5.73 Å². The van der Waals surface area contributed by atoms with E-state index in [4.69, 9.17) is 22.3 Å². The first-order chi connectivity index (χ1) is 13.0. The smallest absolute Gasteiger partial charge is 0.181 e. The van der Waals surface area contributed by atoms with Crippen molar-refractivity contribution in [1.82, 2.24) is 14.8 Å². The Morgan fingerprint density at radius 1 is 1.11 bits per heavy atom. The average Bonchev–Trinajstić information content (AvgIpc) is 3.10. The molecular weight excluding hydrogens is 367 g/mol. The highest BCUT2D eigenvalue weighted by atomic mass is 35.5. The van der Waals surface area contributed by atoms with Gasteiger partial charge in [0.2, 0.25) is 0 Å². The van der Waals surface area contributed by atoms with E-state index in [0.717, 1.165) is 23.5 Å². The molecule has 3 atom stereocenters. The summed E-state index contributed by atoms with van der Waals surface area (Å²) in [4.78, 5) is 4.73. The van der Waals surface area contributed by atoms with E-state index in [1.54, 1.807) is 22.9 Å². The van der Waals surface area contributed by atoms with Gasteiger partial charge < -0.3 is 10.8 Å². The van der Waals surface area contributed by atoms with E-state index in [0.29, 0.717) is 23.7 Å². The van der Waals surface area contributed by atoms with E-state index in [1.807, 2.05) is 18.2 Å². The molecule has 4 rings (SSSR count). The molecule has 1 heterocycles. The molecule has 1 saturated carbocycles. The van der Waals surface area contributed by atoms with Crippen LogP contribution in [0.25, 0.3) is 17.1 Å². The van der Waals surface area contributed by atoms with Crippen LogP contribution >= 0.6 is 11.6 Å². The predicted molar refractivity (Wildman–Crippen MR) is 102 cm³/mol. The van der Waals surface area contributed by atoms with Crippen molar-refractivity contribution in [3.8, 4) is 17.1 Å². The fraction of sp³-hybridized carbons (Fsp3) is 0.300. The van der Waals surface area contributed by atoms with Gasteiger partial charge in [-0.3, -0.25) is 0 Å². The van der Waals surface area contributed by atoms with Gasteiger partial charge in [0.15, 0.2) is 5.82 Å². The zero-order chi connectivity index (χ0) is 19.0. The molecule has 0 amide bonds. The van der Waals surface area contributed by atoms with Gasteiger partial charge in [0.1, 0.15) is 11.6 Å². The van der Waals surface area contributed by atoms with Gasteiger partial charge in [0.05, 0.1) is 16.8 Å². The summed E-state index contributed by atoms with van der Waals surface area (Å²) in [6.45, 7) is 0. The fourth-order valence-electron chi connectivity index (χ4n) is 3.52. The largest absolute Gasteiger partial charge is 0.391 e. The highest BCUT2D eigenvalue weighted by molar-refractivity contribution is 6.32. The first-order valence-electron chi connectivity index (χ1n) is 8.94. The molecule has 27 heavy (non-hydrogen) atoms. The molecule has 0 bridgehead atoms. The second-order valence-corrected chi connectivity index (χ2v) is 7.31. The molecule has 0 spiro atoms. The molecule has 3 aromatic rings. The molecule has 1 aromatic heterocycles. The monoisotopic (exact) mass is 386 g/mol. The first kappa shape index (κ1) is 18.1. The predicted octanol–water partition coefficient (Wildman–Crippen LogP) is 3.68. The van der Waals surface area contributed by atoms with Crippen molar-refractivity contribution in [2.75, 3.05) is 0 Å². The standard InChI is InChI=1S/C20H20ClFN4O/c21-15-3-1-2-4-17(15)26-20(13-7-10-16(23)18(27)11-13)24-19(25-26)12-5-8-14(22)9-6-12/h1-6,8-9,13,16,18,27H,7,10-11,23H2/t13-,16+,18+/m0/s1. The van der Waals surface area contributed by atoms with Crippen LogP contribution in [0.15, 0.2) is 48.5 Å². The highest BCUT2D eigenvalue weighted by Gasteiger charge is 2.31. The van der Waals surface area contributed by atoms with Gasteiger partial charge in [-0.2, -0.15) is 0 Å². The molecule has 2 aromatic carbocycles. The maximum atomic E-state index is 13.3. The van der Waals surface area contributed by atoms with Crippen LogP contribution in [0.1, 0.15) is 31.0 Å². The SMILES string of the molecule is N[C@@H]1CC[C@H](c2nc(-c3ccc(F)cc3)nn2-c2ccccc2Cl)C[C@H]1O. The number of aliphatic hydroxyl groups excluding tert-OH is 1. The summed E-state index contributed by atoms with van der Waals surface area (Å²) in [6.07, 6.45) is 1.47. The van der Waals surface area contributed by atoms with E-state index >= 15 is 0 Å². The van der Waals surface area contributed by atoms with Crippen molar-refractivity contribution >= 4 is 11.6 Å². The summed E-state index contributed by atoms with van der Waals surface area (Å²) in [5, 5.41) is 15.4. The van der Waals surface area contributed by atoms with Gasteiger partial charge >= 0.3 is 0 Å². The summed E-state index contributed by atoms with van der Waals surface area (Å²) in [6, 6.07) is 13.3. The Hall–Kier alpha value is -2.28. The second kappa shape index (κ2) is 7.38. The van der Waals surface area contributed by atoms with Gasteiger partial charge in [0.25, 0.3) is 0 Å². The maximum Gasteiger partial charge on any atom is 0.181 e. The van der Waals surface area contributed by atoms with Gasteiger partial charge in [-0.05, 0) is 55.7 Å². The highest BCUT2D eigenvalue weighted by Crippen LogP contribution is 2.35. The molecular formula is C20H20ClFN4O. The Morgan fingerprint density at radius 3 is 2.56 bits per heavy atom. The van der Waals surface area contributed by atoms with Crippen LogP contribution in [0, 0.1) is 5.82 Å². The summed E-state index contributed by atoms with van der Waals surface area (Å²) < 4.78 is 15.0. The summed E-state index contributed by atoms with van der Waals surface area (Å²) >= 11 is 6.39. The molecule has 1 fully saturated rings. The number of hydrogen-bond donors (Lipinski definition) is 2. The van der Waals surface area contributed by atoms with Crippen molar-refractivity contribution < 1.29 is 9.50 Å². The molecule has 0 saturated heterocycles. The number of aromatic nitrogens is 3. The van der Waals surface area contributed by atoms with Crippen molar-refractivity contribution in [3.05, 3.63) is 65.2 Å². The molecule has 3 N–H and O–H groups in total. The lowest BCUT2D eigenvalue weighted by molar-refractivity contribution is 0.0961. The van der Waals surface area contributed by atoms with Crippen LogP contribution in [0.2, 0.25) is 5.02 Å². The summed E-state index contributed by atoms with van der Waals surface area (Å²) in [5.74, 6) is 0.925. The normalized spacial score (nSPS) is 22.7. The van der Waals surface area contributed by atoms with Gasteiger partial charge in [0, 0.05) is 17.5 Å². The molecule has 1 aliphatic rings. The first-order valence-corrected chi connectivity index (χ1v) is 9.32. The molecule has 1 aliphatic carbocycles. The minimum absolute atomic E-state index is 0.0118. The third-order valence-electron chi connectivity index (χ3n) is 5.05. The number of rotatable bonds is 3. The number of para-hydroxylation sites is 1. The Balaban J connectivity index is 1.80. The zero-order valence-corrected chi connectivity index (χ0v) is 15.4. The Bertz CT molecular complexity index is 943. The minimum atomic E-state index is -0.575. The minimum Gasteiger partial charge on any atom is -0.391 e. The number of halogens is 2. The molecule has 0 aliphatic heterocycles. The van der Waals surface area contributed by atoms with Crippen molar-refractivity contribution in [1.29, 1.82) is 0 Å². The maximum absolute atomic E-state index is 13.3. The molecule has 140 valence electrons. The number of nitrogens with zero attached hydrogens (tertiary/aromatic N) is 3. The lowest BCUT2D eigenvalue weighted by atomic mass is 9.84. The van der Waals surface area contributed by atoms with Gasteiger partial charge in [-0.15, -0.1) is 5.10 Å². The van der Waals surface area contributed by atoms with E-state index in [2.05, 4.69) is 5.10 Å². The summed E-state index contributed by atoms with van der Waals surface area (Å²) in [7, 11) is 0. The number of aliphatic hydroxyl groups is 1. The fourth-order valence-corrected chi connectivity index (χ4v) is 3.73. The lowest BCUT2D eigenvalue weighted by Crippen LogP contribution is -2.40. The van der Waals surface area contributed by atoms with Crippen LogP contribution in [0.4, 0.5) is 4.39 Å². The van der Waals surface area contributed by atoms with E-state index < -0.39 is 6.10 Å². The number of nitrogens with two attached hydrogens (primary N) is 1. The molecule has 0 unspecified atom stereocenters. The van der Waals surface area contributed by atoms with E-state index in [9.17, 15) is 9.50 Å². The van der Waals surface area contributed by atoms with Crippen LogP contribution in [0.5, 0.6) is 0 Å². The molecule has 7 heteroatoms. The number of benzene rings is 2. The van der Waals surface area contributed by atoms with Crippen LogP contribution < -0.4 is 5.73 Å². The quantitative estimate of drug-likeness (QED) is 0.719. The number of hydrogen-bond acceptors (Lipinski definition) is 4.